The fourth-order valence-corrected chi connectivity index (χ4v) is 8.80. The Labute approximate surface area is 376 Å². The summed E-state index contributed by atoms with van der Waals surface area (Å²) in [5, 5.41) is 1.62. The zero-order valence-corrected chi connectivity index (χ0v) is 36.9. The van der Waals surface area contributed by atoms with Crippen molar-refractivity contribution in [3.8, 4) is 33.8 Å². The van der Waals surface area contributed by atoms with Gasteiger partial charge in [-0.3, -0.25) is 9.80 Å². The molecule has 0 unspecified atom stereocenters. The Morgan fingerprint density at radius 2 is 1.05 bits per heavy atom. The summed E-state index contributed by atoms with van der Waals surface area (Å²) < 4.78 is 36.7. The molecule has 10 nitrogen and oxygen atoms in total. The topological polar surface area (TPSA) is 104 Å². The van der Waals surface area contributed by atoms with E-state index in [0.29, 0.717) is 107 Å². The first-order chi connectivity index (χ1) is 29.8. The predicted molar refractivity (Wildman–Crippen MR) is 248 cm³/mol. The van der Waals surface area contributed by atoms with Crippen molar-refractivity contribution in [1.82, 2.24) is 9.80 Å². The first-order valence-corrected chi connectivity index (χ1v) is 21.4. The molecular weight excluding hydrogens is 851 g/mol. The van der Waals surface area contributed by atoms with E-state index in [1.165, 1.54) is 0 Å². The second-order valence-corrected chi connectivity index (χ2v) is 15.9. The monoisotopic (exact) mass is 898 g/mol. The molecule has 13 heteroatoms. The van der Waals surface area contributed by atoms with E-state index in [1.54, 1.807) is 12.2 Å². The highest BCUT2D eigenvalue weighted by Crippen LogP contribution is 2.45. The van der Waals surface area contributed by atoms with Gasteiger partial charge in [-0.1, -0.05) is 103 Å². The third-order valence-corrected chi connectivity index (χ3v) is 11.9. The van der Waals surface area contributed by atoms with Crippen LogP contribution in [0, 0.1) is 0 Å². The minimum Gasteiger partial charge on any atom is -0.453 e. The molecule has 0 amide bonds. The maximum absolute atomic E-state index is 14.0. The number of halogens is 3. The van der Waals surface area contributed by atoms with Crippen molar-refractivity contribution in [2.45, 2.75) is 45.6 Å². The highest BCUT2D eigenvalue weighted by molar-refractivity contribution is 6.37. The predicted octanol–water partition coefficient (Wildman–Crippen LogP) is 10.3. The van der Waals surface area contributed by atoms with Crippen molar-refractivity contribution < 1.29 is 27.8 Å². The lowest BCUT2D eigenvalue weighted by Crippen LogP contribution is -2.37. The lowest BCUT2D eigenvalue weighted by molar-refractivity contribution is 0.00232. The molecule has 2 aromatic heterocycles. The molecule has 6 aromatic rings. The van der Waals surface area contributed by atoms with E-state index in [-0.39, 0.29) is 45.1 Å². The highest BCUT2D eigenvalue weighted by Gasteiger charge is 2.29. The molecule has 2 aliphatic rings. The quantitative estimate of drug-likeness (QED) is 0.0562. The van der Waals surface area contributed by atoms with Gasteiger partial charge in [0.25, 0.3) is 0 Å². The minimum absolute atomic E-state index is 0. The Hall–Kier alpha value is -4.91. The van der Waals surface area contributed by atoms with Crippen LogP contribution < -0.4 is 20.7 Å². The zero-order chi connectivity index (χ0) is 42.5. The van der Waals surface area contributed by atoms with Gasteiger partial charge in [-0.05, 0) is 36.1 Å². The zero-order valence-electron chi connectivity index (χ0n) is 34.6. The number of benzene rings is 4. The summed E-state index contributed by atoms with van der Waals surface area (Å²) in [7, 11) is 0. The van der Waals surface area contributed by atoms with E-state index in [4.69, 9.17) is 51.0 Å². The third kappa shape index (κ3) is 9.38. The van der Waals surface area contributed by atoms with Crippen molar-refractivity contribution in [2.24, 2.45) is 0 Å². The summed E-state index contributed by atoms with van der Waals surface area (Å²) >= 11 is 14.5. The number of hydrogen-bond donors (Lipinski definition) is 0. The van der Waals surface area contributed by atoms with Crippen LogP contribution in [0.5, 0.6) is 11.5 Å². The van der Waals surface area contributed by atoms with Crippen molar-refractivity contribution in [3.05, 3.63) is 151 Å². The van der Waals surface area contributed by atoms with Crippen LogP contribution in [0.2, 0.25) is 10.0 Å². The molecule has 324 valence electrons. The van der Waals surface area contributed by atoms with E-state index in [2.05, 4.69) is 23.0 Å². The van der Waals surface area contributed by atoms with E-state index < -0.39 is 17.5 Å². The summed E-state index contributed by atoms with van der Waals surface area (Å²) in [6, 6.07) is 23.5. The van der Waals surface area contributed by atoms with Gasteiger partial charge in [0, 0.05) is 78.7 Å². The second kappa shape index (κ2) is 20.5. The lowest BCUT2D eigenvalue weighted by atomic mass is 9.94. The Morgan fingerprint density at radius 1 is 0.661 bits per heavy atom. The maximum Gasteiger partial charge on any atom is 0.341 e. The second-order valence-electron chi connectivity index (χ2n) is 15.2. The van der Waals surface area contributed by atoms with E-state index in [1.807, 2.05) is 79.7 Å². The summed E-state index contributed by atoms with van der Waals surface area (Å²) in [5.74, 6) is 0.577. The van der Waals surface area contributed by atoms with Crippen molar-refractivity contribution in [3.63, 3.8) is 0 Å². The SMILES string of the molecule is C=CCc1cc2c(-c3ccccc3)c(CN3CCOCC3)c(=O)oc2c(Cl)c1OC(CC)Oc1c(CC=C)cc2c(-c3ccccc3)c(CN3CCOCC3)c(=O)oc2c1Cl.Cl. The number of fused-ring (bicyclic) bond motifs is 2. The molecule has 0 atom stereocenters. The van der Waals surface area contributed by atoms with Gasteiger partial charge in [-0.2, -0.15) is 0 Å². The van der Waals surface area contributed by atoms with Gasteiger partial charge in [0.05, 0.1) is 37.6 Å². The van der Waals surface area contributed by atoms with E-state index in [9.17, 15) is 9.59 Å². The smallest absolute Gasteiger partial charge is 0.341 e. The molecule has 2 aliphatic heterocycles. The number of allylic oxidation sites excluding steroid dienone is 2. The van der Waals surface area contributed by atoms with Crippen LogP contribution >= 0.6 is 35.6 Å². The Balaban J connectivity index is 0.00000578. The van der Waals surface area contributed by atoms with Crippen molar-refractivity contribution >= 4 is 57.5 Å². The molecule has 0 spiro atoms. The third-order valence-electron chi connectivity index (χ3n) is 11.2. The molecule has 0 saturated carbocycles. The molecule has 0 N–H and O–H groups in total. The number of hydrogen-bond acceptors (Lipinski definition) is 10. The molecule has 2 saturated heterocycles. The van der Waals surface area contributed by atoms with Crippen LogP contribution in [-0.4, -0.2) is 68.7 Å². The van der Waals surface area contributed by atoms with Gasteiger partial charge >= 0.3 is 11.3 Å². The molecule has 0 aliphatic carbocycles. The minimum atomic E-state index is -0.932. The standard InChI is InChI=1S/C49H48Cl2N2O8.ClH/c1-4-13-33-27-35-40(31-15-9-7-10-16-31)37(29-52-19-23-56-24-20-52)48(54)60-46(35)42(50)44(33)58-39(6-3)59-45-34(14-5-2)28-36-41(32-17-11-8-12-18-32)38(30-53-21-25-57-26-22-53)49(55)61-47(36)43(45)51;/h4-5,7-12,15-18,27-28,39H,1-2,6,13-14,19-26,29-30H2,3H3;1H. The van der Waals surface area contributed by atoms with Crippen LogP contribution in [0.1, 0.15) is 35.6 Å². The largest absolute Gasteiger partial charge is 0.453 e. The first-order valence-electron chi connectivity index (χ1n) is 20.7. The van der Waals surface area contributed by atoms with Crippen LogP contribution in [0.3, 0.4) is 0 Å². The Bertz CT molecular complexity index is 2490. The summed E-state index contributed by atoms with van der Waals surface area (Å²) in [6.07, 6.45) is 3.75. The number of rotatable bonds is 15. The number of ether oxygens (including phenoxy) is 4. The van der Waals surface area contributed by atoms with Crippen LogP contribution in [0.25, 0.3) is 44.2 Å². The van der Waals surface area contributed by atoms with Gasteiger partial charge in [0.1, 0.15) is 21.5 Å². The number of nitrogens with zero attached hydrogens (tertiary/aromatic N) is 2. The maximum atomic E-state index is 14.0. The van der Waals surface area contributed by atoms with E-state index >= 15 is 0 Å². The first kappa shape index (κ1) is 45.1. The van der Waals surface area contributed by atoms with Gasteiger partial charge < -0.3 is 27.8 Å². The average molecular weight is 900 g/mol. The molecule has 0 radical (unpaired) electrons. The normalized spacial score (nSPS) is 14.8. The Kier molecular flexibility index (Phi) is 14.9. The highest BCUT2D eigenvalue weighted by atomic mass is 35.5. The molecule has 4 aromatic carbocycles. The fourth-order valence-electron chi connectivity index (χ4n) is 8.19. The summed E-state index contributed by atoms with van der Waals surface area (Å²) in [6.45, 7) is 15.9. The van der Waals surface area contributed by atoms with Crippen LogP contribution in [0.15, 0.2) is 117 Å². The van der Waals surface area contributed by atoms with Crippen LogP contribution in [-0.2, 0) is 35.4 Å². The van der Waals surface area contributed by atoms with Crippen molar-refractivity contribution in [2.75, 3.05) is 52.6 Å². The lowest BCUT2D eigenvalue weighted by Gasteiger charge is -2.28. The molecule has 62 heavy (non-hydrogen) atoms. The molecular formula is C49H49Cl3N2O8. The fraction of sp³-hybridized carbons (Fsp3) is 0.306. The molecule has 2 fully saturated rings. The van der Waals surface area contributed by atoms with Crippen molar-refractivity contribution in [1.29, 1.82) is 0 Å². The average Bonchev–Trinajstić information content (AvgIpc) is 3.28. The summed E-state index contributed by atoms with van der Waals surface area (Å²) in [4.78, 5) is 32.3. The van der Waals surface area contributed by atoms with Crippen LogP contribution in [0.4, 0.5) is 0 Å². The van der Waals surface area contributed by atoms with Gasteiger partial charge in [0.15, 0.2) is 11.2 Å². The number of morpholine rings is 2. The Morgan fingerprint density at radius 3 is 1.40 bits per heavy atom. The molecule has 4 heterocycles. The molecule has 0 bridgehead atoms. The van der Waals surface area contributed by atoms with Gasteiger partial charge in [-0.25, -0.2) is 9.59 Å². The van der Waals surface area contributed by atoms with E-state index in [0.717, 1.165) is 33.4 Å². The van der Waals surface area contributed by atoms with Gasteiger partial charge in [0.2, 0.25) is 6.29 Å². The van der Waals surface area contributed by atoms with Gasteiger partial charge in [-0.15, -0.1) is 25.6 Å². The summed E-state index contributed by atoms with van der Waals surface area (Å²) in [5.41, 5.74) is 5.21. The molecule has 8 rings (SSSR count).